The van der Waals surface area contributed by atoms with Gasteiger partial charge in [-0.15, -0.1) is 0 Å². The second kappa shape index (κ2) is 10.3. The van der Waals surface area contributed by atoms with Crippen molar-refractivity contribution < 1.29 is 9.59 Å². The summed E-state index contributed by atoms with van der Waals surface area (Å²) in [5.74, 6) is -0.721. The average molecular weight is 351 g/mol. The molecule has 3 nitrogen and oxygen atoms in total. The van der Waals surface area contributed by atoms with Gasteiger partial charge in [0.2, 0.25) is 5.91 Å². The smallest absolute Gasteiger partial charge is 0.248 e. The molecule has 0 fully saturated rings. The van der Waals surface area contributed by atoms with E-state index in [9.17, 15) is 9.59 Å². The number of nitrogens with two attached hydrogens (primary N) is 1. The quantitative estimate of drug-likeness (QED) is 0.387. The summed E-state index contributed by atoms with van der Waals surface area (Å²) in [7, 11) is 0. The van der Waals surface area contributed by atoms with Gasteiger partial charge in [0.15, 0.2) is 5.78 Å². The number of hydrogen-bond donors (Lipinski definition) is 1. The fourth-order valence-electron chi connectivity index (χ4n) is 2.44. The first kappa shape index (κ1) is 21.4. The highest BCUT2D eigenvalue weighted by atomic mass is 16.1. The van der Waals surface area contributed by atoms with Crippen molar-refractivity contribution in [3.63, 3.8) is 0 Å². The molecule has 0 aliphatic heterocycles. The first-order valence-electron chi connectivity index (χ1n) is 8.93. The summed E-state index contributed by atoms with van der Waals surface area (Å²) in [6.07, 6.45) is 9.30. The molecule has 26 heavy (non-hydrogen) atoms. The monoisotopic (exact) mass is 351 g/mol. The third-order valence-corrected chi connectivity index (χ3v) is 4.08. The van der Waals surface area contributed by atoms with E-state index in [2.05, 4.69) is 13.5 Å². The number of aryl methyl sites for hydroxylation is 2. The highest BCUT2D eigenvalue weighted by molar-refractivity contribution is 6.11. The Balaban J connectivity index is 3.14. The molecule has 1 aromatic carbocycles. The Bertz CT molecular complexity index is 779. The van der Waals surface area contributed by atoms with Crippen molar-refractivity contribution in [3.8, 4) is 0 Å². The Labute approximate surface area is 157 Å². The van der Waals surface area contributed by atoms with Crippen LogP contribution < -0.4 is 5.73 Å². The highest BCUT2D eigenvalue weighted by Gasteiger charge is 2.10. The minimum absolute atomic E-state index is 0.193. The largest absolute Gasteiger partial charge is 0.366 e. The van der Waals surface area contributed by atoms with Gasteiger partial charge in [0.05, 0.1) is 0 Å². The van der Waals surface area contributed by atoms with E-state index >= 15 is 0 Å². The van der Waals surface area contributed by atoms with E-state index in [0.717, 1.165) is 36.0 Å². The summed E-state index contributed by atoms with van der Waals surface area (Å²) >= 11 is 0. The maximum absolute atomic E-state index is 12.6. The second-order valence-electron chi connectivity index (χ2n) is 6.56. The predicted molar refractivity (Wildman–Crippen MR) is 110 cm³/mol. The van der Waals surface area contributed by atoms with Crippen molar-refractivity contribution in [1.82, 2.24) is 0 Å². The molecule has 0 aliphatic rings. The van der Waals surface area contributed by atoms with Crippen molar-refractivity contribution >= 4 is 17.8 Å². The lowest BCUT2D eigenvalue weighted by Crippen LogP contribution is -2.13. The summed E-state index contributed by atoms with van der Waals surface area (Å²) < 4.78 is 0. The maximum atomic E-state index is 12.6. The lowest BCUT2D eigenvalue weighted by molar-refractivity contribution is -0.114. The fourth-order valence-corrected chi connectivity index (χ4v) is 2.44. The third kappa shape index (κ3) is 6.67. The van der Waals surface area contributed by atoms with Crippen molar-refractivity contribution in [3.05, 3.63) is 76.4 Å². The molecular weight excluding hydrogens is 322 g/mol. The Kier molecular flexibility index (Phi) is 8.50. The van der Waals surface area contributed by atoms with E-state index < -0.39 is 5.91 Å². The zero-order valence-corrected chi connectivity index (χ0v) is 16.3. The van der Waals surface area contributed by atoms with Gasteiger partial charge in [-0.25, -0.2) is 0 Å². The predicted octanol–water partition coefficient (Wildman–Crippen LogP) is 4.99. The van der Waals surface area contributed by atoms with Crippen molar-refractivity contribution in [2.24, 2.45) is 5.73 Å². The second-order valence-corrected chi connectivity index (χ2v) is 6.56. The Hall–Kier alpha value is -2.68. The zero-order chi connectivity index (χ0) is 19.7. The Morgan fingerprint density at radius 3 is 2.46 bits per heavy atom. The molecule has 0 saturated heterocycles. The van der Waals surface area contributed by atoms with Gasteiger partial charge in [-0.05, 0) is 62.1 Å². The van der Waals surface area contributed by atoms with Crippen LogP contribution in [0.5, 0.6) is 0 Å². The molecule has 0 aliphatic carbocycles. The minimum atomic E-state index is -0.527. The number of rotatable bonds is 9. The number of benzene rings is 1. The molecule has 1 aromatic rings. The fraction of sp³-hybridized carbons (Fsp3) is 0.304. The number of allylic oxidation sites excluding steroid dienone is 4. The molecule has 1 rings (SSSR count). The van der Waals surface area contributed by atoms with Gasteiger partial charge >= 0.3 is 0 Å². The van der Waals surface area contributed by atoms with Crippen LogP contribution in [0.25, 0.3) is 6.08 Å². The van der Waals surface area contributed by atoms with Gasteiger partial charge in [0.25, 0.3) is 0 Å². The first-order valence-corrected chi connectivity index (χ1v) is 8.93. The Morgan fingerprint density at radius 1 is 1.19 bits per heavy atom. The van der Waals surface area contributed by atoms with Crippen molar-refractivity contribution in [2.75, 3.05) is 0 Å². The first-order chi connectivity index (χ1) is 12.3. The van der Waals surface area contributed by atoms with Crippen LogP contribution in [0.4, 0.5) is 0 Å². The zero-order valence-electron chi connectivity index (χ0n) is 16.3. The van der Waals surface area contributed by atoms with Crippen LogP contribution in [0.3, 0.4) is 0 Å². The van der Waals surface area contributed by atoms with Gasteiger partial charge in [0.1, 0.15) is 0 Å². The highest BCUT2D eigenvalue weighted by Crippen LogP contribution is 2.19. The molecule has 0 atom stereocenters. The van der Waals surface area contributed by atoms with Crippen LogP contribution in [0, 0.1) is 13.8 Å². The molecule has 1 amide bonds. The molecule has 0 radical (unpaired) electrons. The summed E-state index contributed by atoms with van der Waals surface area (Å²) in [4.78, 5) is 24.2. The normalized spacial score (nSPS) is 12.5. The lowest BCUT2D eigenvalue weighted by Gasteiger charge is -2.07. The number of amides is 1. The number of carbonyl (C=O) groups is 2. The minimum Gasteiger partial charge on any atom is -0.366 e. The number of hydrogen-bond acceptors (Lipinski definition) is 2. The average Bonchev–Trinajstić information content (AvgIpc) is 2.57. The van der Waals surface area contributed by atoms with Crippen LogP contribution in [0.1, 0.15) is 49.8 Å². The van der Waals surface area contributed by atoms with Crippen LogP contribution >= 0.6 is 0 Å². The molecule has 0 spiro atoms. The molecule has 2 N–H and O–H groups in total. The molecule has 3 heteroatoms. The van der Waals surface area contributed by atoms with E-state index in [1.165, 1.54) is 12.2 Å². The molecule has 138 valence electrons. The van der Waals surface area contributed by atoms with Gasteiger partial charge in [-0.1, -0.05) is 56.2 Å². The number of unbranched alkanes of at least 4 members (excludes halogenated alkanes) is 2. The van der Waals surface area contributed by atoms with E-state index in [4.69, 9.17) is 5.73 Å². The SMILES string of the molecule is C=C(C)/C(=C\c1cc(C)ccc1C)C(=O)/C=C\C(=C/CCCC)C(N)=O. The summed E-state index contributed by atoms with van der Waals surface area (Å²) in [5, 5.41) is 0. The summed E-state index contributed by atoms with van der Waals surface area (Å²) in [5.41, 5.74) is 10.2. The summed E-state index contributed by atoms with van der Waals surface area (Å²) in [6, 6.07) is 6.10. The van der Waals surface area contributed by atoms with E-state index in [0.29, 0.717) is 16.7 Å². The van der Waals surface area contributed by atoms with Gasteiger partial charge in [0, 0.05) is 11.1 Å². The molecule has 0 heterocycles. The molecule has 0 aromatic heterocycles. The van der Waals surface area contributed by atoms with Crippen molar-refractivity contribution in [1.29, 1.82) is 0 Å². The van der Waals surface area contributed by atoms with Crippen LogP contribution in [-0.2, 0) is 9.59 Å². The topological polar surface area (TPSA) is 60.2 Å². The third-order valence-electron chi connectivity index (χ3n) is 4.08. The van der Waals surface area contributed by atoms with Gasteiger partial charge < -0.3 is 5.73 Å². The standard InChI is InChI=1S/C23H29NO2/c1-6-7-8-9-19(23(24)26)12-13-22(25)21(16(2)3)15-20-14-17(4)10-11-18(20)5/h9-15H,2,6-8H2,1,3-5H3,(H2,24,26)/b13-12-,19-9+,21-15+. The van der Waals surface area contributed by atoms with E-state index in [1.54, 1.807) is 13.0 Å². The van der Waals surface area contributed by atoms with Gasteiger partial charge in [-0.2, -0.15) is 0 Å². The van der Waals surface area contributed by atoms with Crippen LogP contribution in [0.15, 0.2) is 59.7 Å². The van der Waals surface area contributed by atoms with Crippen LogP contribution in [-0.4, -0.2) is 11.7 Å². The molecule has 0 bridgehead atoms. The summed E-state index contributed by atoms with van der Waals surface area (Å²) in [6.45, 7) is 11.8. The number of primary amides is 1. The van der Waals surface area contributed by atoms with Crippen molar-refractivity contribution in [2.45, 2.75) is 47.0 Å². The van der Waals surface area contributed by atoms with E-state index in [-0.39, 0.29) is 5.78 Å². The lowest BCUT2D eigenvalue weighted by atomic mass is 9.97. The molecule has 0 saturated carbocycles. The Morgan fingerprint density at radius 2 is 1.88 bits per heavy atom. The number of ketones is 1. The van der Waals surface area contributed by atoms with Crippen LogP contribution in [0.2, 0.25) is 0 Å². The number of carbonyl (C=O) groups excluding carboxylic acids is 2. The van der Waals surface area contributed by atoms with E-state index in [1.807, 2.05) is 38.1 Å². The maximum Gasteiger partial charge on any atom is 0.248 e. The molecular formula is C23H29NO2. The molecule has 0 unspecified atom stereocenters. The van der Waals surface area contributed by atoms with Gasteiger partial charge in [-0.3, -0.25) is 9.59 Å².